The molecule has 1 aliphatic heterocycles. The fraction of sp³-hybridized carbons (Fsp3) is 0.450. The minimum absolute atomic E-state index is 0.250. The number of aromatic nitrogens is 2. The lowest BCUT2D eigenvalue weighted by molar-refractivity contribution is -0.128. The smallest absolute Gasteiger partial charge is 0.290 e. The molecule has 6 nitrogen and oxygen atoms in total. The van der Waals surface area contributed by atoms with Gasteiger partial charge in [-0.25, -0.2) is 4.98 Å². The Bertz CT molecular complexity index is 767. The number of likely N-dealkylation sites (tertiary alicyclic amines) is 1. The minimum atomic E-state index is -0.250. The fourth-order valence-electron chi connectivity index (χ4n) is 3.70. The summed E-state index contributed by atoms with van der Waals surface area (Å²) >= 11 is 0. The van der Waals surface area contributed by atoms with Crippen LogP contribution in [0.2, 0.25) is 0 Å². The molecular formula is C20H25N3O3. The van der Waals surface area contributed by atoms with E-state index in [9.17, 15) is 4.79 Å². The molecule has 1 unspecified atom stereocenters. The lowest BCUT2D eigenvalue weighted by Crippen LogP contribution is -2.27. The molecule has 1 N–H and O–H groups in total. The van der Waals surface area contributed by atoms with Crippen molar-refractivity contribution in [3.8, 4) is 11.4 Å². The summed E-state index contributed by atoms with van der Waals surface area (Å²) in [5.74, 6) is 1.78. The van der Waals surface area contributed by atoms with E-state index >= 15 is 0 Å². The number of carbonyl (C=O) groups is 2. The van der Waals surface area contributed by atoms with Crippen molar-refractivity contribution in [3.05, 3.63) is 42.2 Å². The highest BCUT2D eigenvalue weighted by Gasteiger charge is 2.39. The van der Waals surface area contributed by atoms with Gasteiger partial charge in [0.2, 0.25) is 5.91 Å². The van der Waals surface area contributed by atoms with Crippen LogP contribution < -0.4 is 0 Å². The summed E-state index contributed by atoms with van der Waals surface area (Å²) in [5.41, 5.74) is 2.53. The van der Waals surface area contributed by atoms with Gasteiger partial charge in [-0.3, -0.25) is 9.59 Å². The predicted octanol–water partition coefficient (Wildman–Crippen LogP) is 2.82. The molecule has 2 heterocycles. The SMILES string of the molecule is CCc1ccccc1-c1nccn1CC1CC(=O)N(C2CC2)C1.O=CO. The first-order valence-corrected chi connectivity index (χ1v) is 9.14. The Morgan fingerprint density at radius 2 is 2.04 bits per heavy atom. The second-order valence-corrected chi connectivity index (χ2v) is 6.87. The lowest BCUT2D eigenvalue weighted by Gasteiger charge is -2.17. The molecule has 1 atom stereocenters. The molecule has 1 aromatic carbocycles. The van der Waals surface area contributed by atoms with Gasteiger partial charge in [0.05, 0.1) is 0 Å². The molecule has 2 fully saturated rings. The van der Waals surface area contributed by atoms with Crippen LogP contribution in [0.3, 0.4) is 0 Å². The first-order valence-electron chi connectivity index (χ1n) is 9.14. The van der Waals surface area contributed by atoms with Crippen molar-refractivity contribution in [2.45, 2.75) is 45.2 Å². The quantitative estimate of drug-likeness (QED) is 0.837. The van der Waals surface area contributed by atoms with Crippen molar-refractivity contribution < 1.29 is 14.7 Å². The highest BCUT2D eigenvalue weighted by atomic mass is 16.3. The summed E-state index contributed by atoms with van der Waals surface area (Å²) < 4.78 is 2.23. The third-order valence-electron chi connectivity index (χ3n) is 5.04. The first kappa shape index (κ1) is 18.2. The molecule has 1 aliphatic carbocycles. The molecule has 1 saturated heterocycles. The summed E-state index contributed by atoms with van der Waals surface area (Å²) in [6, 6.07) is 9.01. The maximum Gasteiger partial charge on any atom is 0.290 e. The van der Waals surface area contributed by atoms with Crippen LogP contribution in [-0.2, 0) is 22.6 Å². The predicted molar refractivity (Wildman–Crippen MR) is 98.6 cm³/mol. The zero-order valence-corrected chi connectivity index (χ0v) is 15.0. The maximum absolute atomic E-state index is 12.2. The molecule has 1 amide bonds. The summed E-state index contributed by atoms with van der Waals surface area (Å²) in [7, 11) is 0. The number of aryl methyl sites for hydroxylation is 1. The summed E-state index contributed by atoms with van der Waals surface area (Å²) in [4.78, 5) is 27.2. The maximum atomic E-state index is 12.2. The van der Waals surface area contributed by atoms with Gasteiger partial charge in [-0.05, 0) is 24.8 Å². The second-order valence-electron chi connectivity index (χ2n) is 6.87. The third-order valence-corrected chi connectivity index (χ3v) is 5.04. The summed E-state index contributed by atoms with van der Waals surface area (Å²) in [6.45, 7) is 3.72. The van der Waals surface area contributed by atoms with Crippen LogP contribution in [0.4, 0.5) is 0 Å². The molecular weight excluding hydrogens is 330 g/mol. The molecule has 2 aromatic rings. The van der Waals surface area contributed by atoms with E-state index in [0.717, 1.165) is 25.3 Å². The van der Waals surface area contributed by atoms with Crippen LogP contribution in [0, 0.1) is 5.92 Å². The van der Waals surface area contributed by atoms with E-state index in [4.69, 9.17) is 9.90 Å². The van der Waals surface area contributed by atoms with E-state index in [0.29, 0.717) is 24.3 Å². The minimum Gasteiger partial charge on any atom is -0.483 e. The highest BCUT2D eigenvalue weighted by Crippen LogP contribution is 2.33. The van der Waals surface area contributed by atoms with Gasteiger partial charge in [-0.1, -0.05) is 31.2 Å². The number of nitrogens with zero attached hydrogens (tertiary/aromatic N) is 3. The molecule has 26 heavy (non-hydrogen) atoms. The number of carbonyl (C=O) groups excluding carboxylic acids is 1. The van der Waals surface area contributed by atoms with Gasteiger partial charge in [0, 0.05) is 49.4 Å². The number of rotatable bonds is 5. The average molecular weight is 355 g/mol. The third kappa shape index (κ3) is 3.95. The zero-order chi connectivity index (χ0) is 18.5. The van der Waals surface area contributed by atoms with Crippen LogP contribution in [-0.4, -0.2) is 44.5 Å². The number of hydrogen-bond acceptors (Lipinski definition) is 3. The van der Waals surface area contributed by atoms with Crippen LogP contribution >= 0.6 is 0 Å². The Labute approximate surface area is 153 Å². The summed E-state index contributed by atoms with van der Waals surface area (Å²) in [6.07, 6.45) is 7.99. The largest absolute Gasteiger partial charge is 0.483 e. The topological polar surface area (TPSA) is 75.4 Å². The molecule has 138 valence electrons. The van der Waals surface area contributed by atoms with Gasteiger partial charge >= 0.3 is 0 Å². The van der Waals surface area contributed by atoms with E-state index in [1.165, 1.54) is 24.0 Å². The number of carboxylic acid groups (broad SMARTS) is 1. The Hall–Kier alpha value is -2.63. The molecule has 6 heteroatoms. The van der Waals surface area contributed by atoms with Crippen molar-refractivity contribution in [3.63, 3.8) is 0 Å². The number of hydrogen-bond donors (Lipinski definition) is 1. The fourth-order valence-corrected chi connectivity index (χ4v) is 3.70. The van der Waals surface area contributed by atoms with Crippen LogP contribution in [0.15, 0.2) is 36.7 Å². The Morgan fingerprint density at radius 3 is 2.73 bits per heavy atom. The van der Waals surface area contributed by atoms with E-state index in [1.807, 2.05) is 12.4 Å². The van der Waals surface area contributed by atoms with Gasteiger partial charge in [0.1, 0.15) is 5.82 Å². The monoisotopic (exact) mass is 355 g/mol. The number of amides is 1. The standard InChI is InChI=1S/C19H23N3O.CH2O2/c1-2-15-5-3-4-6-17(15)19-20-9-10-21(19)12-14-11-18(23)22(13-14)16-7-8-16;2-1-3/h3-6,9-10,14,16H,2,7-8,11-13H2,1H3;1H,(H,2,3). The number of imidazole rings is 1. The van der Waals surface area contributed by atoms with Crippen molar-refractivity contribution in [2.75, 3.05) is 6.54 Å². The van der Waals surface area contributed by atoms with Crippen molar-refractivity contribution in [1.82, 2.24) is 14.5 Å². The molecule has 1 aromatic heterocycles. The van der Waals surface area contributed by atoms with Gasteiger partial charge in [-0.15, -0.1) is 0 Å². The van der Waals surface area contributed by atoms with E-state index in [2.05, 4.69) is 45.6 Å². The number of benzene rings is 1. The molecule has 2 aliphatic rings. The van der Waals surface area contributed by atoms with E-state index < -0.39 is 0 Å². The zero-order valence-electron chi connectivity index (χ0n) is 15.0. The van der Waals surface area contributed by atoms with Gasteiger partial charge in [0.25, 0.3) is 6.47 Å². The van der Waals surface area contributed by atoms with E-state index in [1.54, 1.807) is 0 Å². The molecule has 0 bridgehead atoms. The molecule has 0 spiro atoms. The van der Waals surface area contributed by atoms with Gasteiger partial charge in [0.15, 0.2) is 0 Å². The lowest BCUT2D eigenvalue weighted by atomic mass is 10.0. The molecule has 1 saturated carbocycles. The van der Waals surface area contributed by atoms with Crippen LogP contribution in [0.5, 0.6) is 0 Å². The Kier molecular flexibility index (Phi) is 5.71. The van der Waals surface area contributed by atoms with Gasteiger partial charge < -0.3 is 14.6 Å². The van der Waals surface area contributed by atoms with Gasteiger partial charge in [-0.2, -0.15) is 0 Å². The van der Waals surface area contributed by atoms with Crippen LogP contribution in [0.1, 0.15) is 31.7 Å². The Morgan fingerprint density at radius 1 is 1.31 bits per heavy atom. The second kappa shape index (κ2) is 8.17. The van der Waals surface area contributed by atoms with Crippen molar-refractivity contribution in [2.24, 2.45) is 5.92 Å². The molecule has 0 radical (unpaired) electrons. The molecule has 4 rings (SSSR count). The van der Waals surface area contributed by atoms with Crippen molar-refractivity contribution >= 4 is 12.4 Å². The highest BCUT2D eigenvalue weighted by molar-refractivity contribution is 5.79. The van der Waals surface area contributed by atoms with Crippen LogP contribution in [0.25, 0.3) is 11.4 Å². The Balaban J connectivity index is 0.000000613. The average Bonchev–Trinajstić information content (AvgIpc) is 3.28. The first-order chi connectivity index (χ1) is 12.7. The van der Waals surface area contributed by atoms with E-state index in [-0.39, 0.29) is 6.47 Å². The normalized spacial score (nSPS) is 19.2. The van der Waals surface area contributed by atoms with Crippen molar-refractivity contribution in [1.29, 1.82) is 0 Å². The summed E-state index contributed by atoms with van der Waals surface area (Å²) in [5, 5.41) is 6.89.